The average molecular weight is 238 g/mol. The molecule has 0 bridgehead atoms. The van der Waals surface area contributed by atoms with Crippen molar-refractivity contribution < 1.29 is 0 Å². The van der Waals surface area contributed by atoms with Crippen LogP contribution >= 0.6 is 0 Å². The van der Waals surface area contributed by atoms with Crippen LogP contribution in [-0.2, 0) is 0 Å². The van der Waals surface area contributed by atoms with Crippen LogP contribution in [0.15, 0.2) is 0 Å². The molecule has 0 aromatic heterocycles. The molecule has 2 nitrogen and oxygen atoms in total. The van der Waals surface area contributed by atoms with E-state index in [-0.39, 0.29) is 0 Å². The van der Waals surface area contributed by atoms with Crippen molar-refractivity contribution in [3.63, 3.8) is 0 Å². The van der Waals surface area contributed by atoms with Gasteiger partial charge in [-0.2, -0.15) is 0 Å². The van der Waals surface area contributed by atoms with Crippen LogP contribution in [0.5, 0.6) is 0 Å². The number of piperidine rings is 1. The van der Waals surface area contributed by atoms with Gasteiger partial charge in [0.1, 0.15) is 0 Å². The van der Waals surface area contributed by atoms with E-state index in [9.17, 15) is 0 Å². The standard InChI is InChI=1S/C15H30N2/c1-4-16-15-9-10-17(13(3)12(15)2)11-14-7-5-6-8-14/h12-16H,4-11H2,1-3H3. The van der Waals surface area contributed by atoms with E-state index in [0.29, 0.717) is 0 Å². The van der Waals surface area contributed by atoms with E-state index in [0.717, 1.165) is 30.5 Å². The summed E-state index contributed by atoms with van der Waals surface area (Å²) < 4.78 is 0. The Morgan fingerprint density at radius 1 is 1.12 bits per heavy atom. The average Bonchev–Trinajstić information content (AvgIpc) is 2.82. The summed E-state index contributed by atoms with van der Waals surface area (Å²) in [6.07, 6.45) is 7.25. The Hall–Kier alpha value is -0.0800. The summed E-state index contributed by atoms with van der Waals surface area (Å²) in [6.45, 7) is 10.9. The molecule has 1 aliphatic heterocycles. The lowest BCUT2D eigenvalue weighted by atomic mass is 9.86. The molecule has 1 N–H and O–H groups in total. The summed E-state index contributed by atoms with van der Waals surface area (Å²) in [5, 5.41) is 3.65. The van der Waals surface area contributed by atoms with Crippen LogP contribution in [0.3, 0.4) is 0 Å². The van der Waals surface area contributed by atoms with E-state index >= 15 is 0 Å². The Morgan fingerprint density at radius 3 is 2.47 bits per heavy atom. The molecule has 0 aromatic carbocycles. The van der Waals surface area contributed by atoms with Crippen LogP contribution in [0.1, 0.15) is 52.9 Å². The second-order valence-electron chi connectivity index (χ2n) is 6.20. The zero-order valence-corrected chi connectivity index (χ0v) is 11.9. The van der Waals surface area contributed by atoms with Gasteiger partial charge in [0.15, 0.2) is 0 Å². The molecule has 17 heavy (non-hydrogen) atoms. The minimum absolute atomic E-state index is 0.745. The molecule has 1 saturated carbocycles. The Labute approximate surface area is 107 Å². The van der Waals surface area contributed by atoms with Gasteiger partial charge in [0.25, 0.3) is 0 Å². The first-order valence-electron chi connectivity index (χ1n) is 7.69. The van der Waals surface area contributed by atoms with Gasteiger partial charge in [-0.05, 0) is 51.1 Å². The summed E-state index contributed by atoms with van der Waals surface area (Å²) >= 11 is 0. The Balaban J connectivity index is 1.84. The van der Waals surface area contributed by atoms with Gasteiger partial charge < -0.3 is 10.2 Å². The van der Waals surface area contributed by atoms with E-state index in [1.165, 1.54) is 45.2 Å². The Morgan fingerprint density at radius 2 is 1.82 bits per heavy atom. The highest BCUT2D eigenvalue weighted by Crippen LogP contribution is 2.29. The zero-order chi connectivity index (χ0) is 12.3. The molecule has 2 aliphatic rings. The number of rotatable bonds is 4. The molecule has 0 amide bonds. The van der Waals surface area contributed by atoms with Crippen molar-refractivity contribution in [3.8, 4) is 0 Å². The Kier molecular flexibility index (Phi) is 4.87. The third-order valence-electron chi connectivity index (χ3n) is 5.13. The predicted molar refractivity (Wildman–Crippen MR) is 74.2 cm³/mol. The van der Waals surface area contributed by atoms with E-state index < -0.39 is 0 Å². The first-order valence-corrected chi connectivity index (χ1v) is 7.69. The molecule has 1 heterocycles. The van der Waals surface area contributed by atoms with Gasteiger partial charge >= 0.3 is 0 Å². The highest BCUT2D eigenvalue weighted by Gasteiger charge is 2.33. The van der Waals surface area contributed by atoms with Gasteiger partial charge in [0, 0.05) is 18.6 Å². The molecule has 0 radical (unpaired) electrons. The summed E-state index contributed by atoms with van der Waals surface area (Å²) in [6, 6.07) is 1.50. The van der Waals surface area contributed by atoms with Crippen LogP contribution in [0.4, 0.5) is 0 Å². The van der Waals surface area contributed by atoms with E-state index in [1.54, 1.807) is 0 Å². The minimum atomic E-state index is 0.745. The highest BCUT2D eigenvalue weighted by atomic mass is 15.2. The maximum Gasteiger partial charge on any atom is 0.0120 e. The molecule has 3 unspecified atom stereocenters. The van der Waals surface area contributed by atoms with E-state index in [2.05, 4.69) is 31.0 Å². The molecular formula is C15H30N2. The molecule has 0 aromatic rings. The topological polar surface area (TPSA) is 15.3 Å². The van der Waals surface area contributed by atoms with Gasteiger partial charge in [-0.3, -0.25) is 0 Å². The van der Waals surface area contributed by atoms with Gasteiger partial charge in [0.2, 0.25) is 0 Å². The molecule has 100 valence electrons. The van der Waals surface area contributed by atoms with Crippen molar-refractivity contribution in [1.29, 1.82) is 0 Å². The van der Waals surface area contributed by atoms with Gasteiger partial charge in [0.05, 0.1) is 0 Å². The molecule has 2 rings (SSSR count). The molecule has 1 aliphatic carbocycles. The predicted octanol–water partition coefficient (Wildman–Crippen LogP) is 2.89. The SMILES string of the molecule is CCNC1CCN(CC2CCCC2)C(C)C1C. The quantitative estimate of drug-likeness (QED) is 0.810. The summed E-state index contributed by atoms with van der Waals surface area (Å²) in [4.78, 5) is 2.76. The van der Waals surface area contributed by atoms with Crippen molar-refractivity contribution in [2.24, 2.45) is 11.8 Å². The minimum Gasteiger partial charge on any atom is -0.314 e. The van der Waals surface area contributed by atoms with Gasteiger partial charge in [-0.15, -0.1) is 0 Å². The lowest BCUT2D eigenvalue weighted by molar-refractivity contribution is 0.0715. The number of hydrogen-bond acceptors (Lipinski definition) is 2. The molecular weight excluding hydrogens is 208 g/mol. The second-order valence-corrected chi connectivity index (χ2v) is 6.20. The fourth-order valence-electron chi connectivity index (χ4n) is 3.77. The number of likely N-dealkylation sites (tertiary alicyclic amines) is 1. The number of hydrogen-bond donors (Lipinski definition) is 1. The fraction of sp³-hybridized carbons (Fsp3) is 1.00. The zero-order valence-electron chi connectivity index (χ0n) is 11.9. The van der Waals surface area contributed by atoms with Crippen LogP contribution in [0.2, 0.25) is 0 Å². The van der Waals surface area contributed by atoms with Gasteiger partial charge in [-0.25, -0.2) is 0 Å². The summed E-state index contributed by atoms with van der Waals surface area (Å²) in [5.74, 6) is 1.80. The van der Waals surface area contributed by atoms with Crippen LogP contribution in [0, 0.1) is 11.8 Å². The van der Waals surface area contributed by atoms with Crippen molar-refractivity contribution >= 4 is 0 Å². The first kappa shape index (κ1) is 13.4. The Bertz CT molecular complexity index is 223. The summed E-state index contributed by atoms with van der Waals surface area (Å²) in [5.41, 5.74) is 0. The van der Waals surface area contributed by atoms with E-state index in [4.69, 9.17) is 0 Å². The molecule has 0 spiro atoms. The van der Waals surface area contributed by atoms with Crippen molar-refractivity contribution in [2.75, 3.05) is 19.6 Å². The van der Waals surface area contributed by atoms with Crippen molar-refractivity contribution in [3.05, 3.63) is 0 Å². The maximum absolute atomic E-state index is 3.65. The van der Waals surface area contributed by atoms with Crippen molar-refractivity contribution in [2.45, 2.75) is 65.0 Å². The number of nitrogens with one attached hydrogen (secondary N) is 1. The molecule has 1 saturated heterocycles. The van der Waals surface area contributed by atoms with Crippen LogP contribution in [0.25, 0.3) is 0 Å². The molecule has 3 atom stereocenters. The van der Waals surface area contributed by atoms with Gasteiger partial charge in [-0.1, -0.05) is 26.7 Å². The van der Waals surface area contributed by atoms with Crippen molar-refractivity contribution in [1.82, 2.24) is 10.2 Å². The highest BCUT2D eigenvalue weighted by molar-refractivity contribution is 4.89. The molecule has 2 fully saturated rings. The third-order valence-corrected chi connectivity index (χ3v) is 5.13. The fourth-order valence-corrected chi connectivity index (χ4v) is 3.77. The smallest absolute Gasteiger partial charge is 0.0120 e. The van der Waals surface area contributed by atoms with Crippen LogP contribution < -0.4 is 5.32 Å². The van der Waals surface area contributed by atoms with E-state index in [1.807, 2.05) is 0 Å². The maximum atomic E-state index is 3.65. The lowest BCUT2D eigenvalue weighted by Gasteiger charge is -2.44. The first-order chi connectivity index (χ1) is 8.22. The normalized spacial score (nSPS) is 36.5. The monoisotopic (exact) mass is 238 g/mol. The molecule has 2 heteroatoms. The number of nitrogens with zero attached hydrogens (tertiary/aromatic N) is 1. The summed E-state index contributed by atoms with van der Waals surface area (Å²) in [7, 11) is 0. The lowest BCUT2D eigenvalue weighted by Crippen LogP contribution is -2.54. The van der Waals surface area contributed by atoms with Crippen LogP contribution in [-0.4, -0.2) is 36.6 Å². The largest absolute Gasteiger partial charge is 0.314 e. The third kappa shape index (κ3) is 3.23. The second kappa shape index (κ2) is 6.19.